The average Bonchev–Trinajstić information content (AvgIpc) is 2.44. The quantitative estimate of drug-likeness (QED) is 0.660. The van der Waals surface area contributed by atoms with Gasteiger partial charge in [0.25, 0.3) is 0 Å². The number of primary amides is 1. The molecule has 0 aromatic rings. The van der Waals surface area contributed by atoms with Crippen LogP contribution in [0.1, 0.15) is 52.4 Å². The maximum atomic E-state index is 10.5. The number of carbonyl (C=O) groups is 1. The Balaban J connectivity index is 2.07. The second-order valence-corrected chi connectivity index (χ2v) is 5.31. The highest BCUT2D eigenvalue weighted by Crippen LogP contribution is 2.36. The van der Waals surface area contributed by atoms with Gasteiger partial charge in [0.05, 0.1) is 0 Å². The van der Waals surface area contributed by atoms with Crippen molar-refractivity contribution in [2.24, 2.45) is 11.1 Å². The number of rotatable bonds is 6. The van der Waals surface area contributed by atoms with Gasteiger partial charge in [-0.05, 0) is 37.6 Å². The fraction of sp³-hybridized carbons (Fsp3) is 0.917. The number of nitrogens with one attached hydrogen (secondary N) is 1. The minimum absolute atomic E-state index is 0.184. The van der Waals surface area contributed by atoms with Crippen LogP contribution in [0.2, 0.25) is 0 Å². The van der Waals surface area contributed by atoms with Gasteiger partial charge < -0.3 is 11.1 Å². The summed E-state index contributed by atoms with van der Waals surface area (Å²) < 4.78 is 0. The third-order valence-corrected chi connectivity index (χ3v) is 3.50. The van der Waals surface area contributed by atoms with Crippen molar-refractivity contribution in [3.05, 3.63) is 0 Å². The maximum Gasteiger partial charge on any atom is 0.217 e. The van der Waals surface area contributed by atoms with E-state index in [-0.39, 0.29) is 5.91 Å². The highest BCUT2D eigenvalue weighted by molar-refractivity contribution is 5.73. The van der Waals surface area contributed by atoms with E-state index < -0.39 is 0 Å². The topological polar surface area (TPSA) is 55.1 Å². The molecule has 1 fully saturated rings. The van der Waals surface area contributed by atoms with Crippen LogP contribution in [0, 0.1) is 5.41 Å². The van der Waals surface area contributed by atoms with Crippen LogP contribution in [0.5, 0.6) is 0 Å². The van der Waals surface area contributed by atoms with E-state index in [0.717, 1.165) is 19.4 Å². The molecule has 1 aliphatic rings. The summed E-state index contributed by atoms with van der Waals surface area (Å²) in [5.74, 6) is -0.184. The Morgan fingerprint density at radius 1 is 1.47 bits per heavy atom. The lowest BCUT2D eigenvalue weighted by Gasteiger charge is -2.27. The fourth-order valence-electron chi connectivity index (χ4n) is 2.41. The van der Waals surface area contributed by atoms with Crippen LogP contribution in [0.4, 0.5) is 0 Å². The van der Waals surface area contributed by atoms with Crippen molar-refractivity contribution in [1.29, 1.82) is 0 Å². The van der Waals surface area contributed by atoms with Crippen LogP contribution in [0.3, 0.4) is 0 Å². The highest BCUT2D eigenvalue weighted by atomic mass is 16.1. The molecule has 0 bridgehead atoms. The molecule has 0 saturated heterocycles. The van der Waals surface area contributed by atoms with Gasteiger partial charge in [-0.1, -0.05) is 20.3 Å². The zero-order chi connectivity index (χ0) is 11.3. The van der Waals surface area contributed by atoms with E-state index in [2.05, 4.69) is 19.2 Å². The largest absolute Gasteiger partial charge is 0.370 e. The standard InChI is InChI=1S/C12H24N2O/c1-12(2)8-5-6-10(12)14-9-4-3-7-11(13)15/h10,14H,3-9H2,1-2H3,(H2,13,15). The van der Waals surface area contributed by atoms with Crippen molar-refractivity contribution in [3.63, 3.8) is 0 Å². The first-order valence-electron chi connectivity index (χ1n) is 6.04. The Bertz CT molecular complexity index is 214. The van der Waals surface area contributed by atoms with E-state index in [1.54, 1.807) is 0 Å². The van der Waals surface area contributed by atoms with Crippen molar-refractivity contribution in [2.75, 3.05) is 6.54 Å². The van der Waals surface area contributed by atoms with Gasteiger partial charge in [-0.25, -0.2) is 0 Å². The Morgan fingerprint density at radius 3 is 2.73 bits per heavy atom. The molecule has 1 atom stereocenters. The van der Waals surface area contributed by atoms with Gasteiger partial charge in [0.1, 0.15) is 0 Å². The second-order valence-electron chi connectivity index (χ2n) is 5.31. The van der Waals surface area contributed by atoms with Gasteiger partial charge in [-0.2, -0.15) is 0 Å². The zero-order valence-electron chi connectivity index (χ0n) is 10.0. The molecule has 0 aromatic heterocycles. The summed E-state index contributed by atoms with van der Waals surface area (Å²) in [4.78, 5) is 10.5. The molecule has 88 valence electrons. The van der Waals surface area contributed by atoms with Crippen LogP contribution < -0.4 is 11.1 Å². The number of carbonyl (C=O) groups excluding carboxylic acids is 1. The molecule has 3 nitrogen and oxygen atoms in total. The molecule has 3 heteroatoms. The van der Waals surface area contributed by atoms with E-state index in [0.29, 0.717) is 17.9 Å². The monoisotopic (exact) mass is 212 g/mol. The number of hydrogen-bond donors (Lipinski definition) is 2. The minimum atomic E-state index is -0.184. The van der Waals surface area contributed by atoms with Crippen LogP contribution in [0.25, 0.3) is 0 Å². The summed E-state index contributed by atoms with van der Waals surface area (Å²) in [6.45, 7) is 5.68. The highest BCUT2D eigenvalue weighted by Gasteiger charge is 2.33. The minimum Gasteiger partial charge on any atom is -0.370 e. The zero-order valence-corrected chi connectivity index (χ0v) is 10.0. The molecule has 0 aliphatic heterocycles. The Morgan fingerprint density at radius 2 is 2.20 bits per heavy atom. The smallest absolute Gasteiger partial charge is 0.217 e. The molecule has 1 unspecified atom stereocenters. The first-order valence-corrected chi connectivity index (χ1v) is 6.04. The second kappa shape index (κ2) is 5.50. The van der Waals surface area contributed by atoms with Crippen molar-refractivity contribution < 1.29 is 4.79 Å². The maximum absolute atomic E-state index is 10.5. The normalized spacial score (nSPS) is 24.3. The summed E-state index contributed by atoms with van der Waals surface area (Å²) >= 11 is 0. The molecule has 15 heavy (non-hydrogen) atoms. The first-order chi connectivity index (χ1) is 7.02. The Labute approximate surface area is 92.8 Å². The van der Waals surface area contributed by atoms with Gasteiger partial charge in [0.15, 0.2) is 0 Å². The molecule has 1 aliphatic carbocycles. The van der Waals surface area contributed by atoms with E-state index in [4.69, 9.17) is 5.73 Å². The predicted molar refractivity (Wildman–Crippen MR) is 62.5 cm³/mol. The number of nitrogens with two attached hydrogens (primary N) is 1. The van der Waals surface area contributed by atoms with Crippen molar-refractivity contribution in [1.82, 2.24) is 5.32 Å². The molecule has 1 amide bonds. The lowest BCUT2D eigenvalue weighted by molar-refractivity contribution is -0.118. The number of unbranched alkanes of at least 4 members (excludes halogenated alkanes) is 1. The van der Waals surface area contributed by atoms with Gasteiger partial charge in [-0.15, -0.1) is 0 Å². The molecular formula is C12H24N2O. The lowest BCUT2D eigenvalue weighted by Crippen LogP contribution is -2.38. The first kappa shape index (κ1) is 12.5. The summed E-state index contributed by atoms with van der Waals surface area (Å²) in [7, 11) is 0. The molecule has 0 spiro atoms. The van der Waals surface area contributed by atoms with Gasteiger partial charge in [-0.3, -0.25) is 4.79 Å². The van der Waals surface area contributed by atoms with Gasteiger partial charge >= 0.3 is 0 Å². The number of amides is 1. The van der Waals surface area contributed by atoms with Gasteiger partial charge in [0, 0.05) is 12.5 Å². The fourth-order valence-corrected chi connectivity index (χ4v) is 2.41. The van der Waals surface area contributed by atoms with Crippen molar-refractivity contribution in [3.8, 4) is 0 Å². The summed E-state index contributed by atoms with van der Waals surface area (Å²) in [6, 6.07) is 0.658. The summed E-state index contributed by atoms with van der Waals surface area (Å²) in [5.41, 5.74) is 5.53. The number of hydrogen-bond acceptors (Lipinski definition) is 2. The molecular weight excluding hydrogens is 188 g/mol. The molecule has 0 aromatic carbocycles. The molecule has 0 radical (unpaired) electrons. The average molecular weight is 212 g/mol. The summed E-state index contributed by atoms with van der Waals surface area (Å²) in [5, 5.41) is 3.59. The third-order valence-electron chi connectivity index (χ3n) is 3.50. The molecule has 0 heterocycles. The van der Waals surface area contributed by atoms with Crippen molar-refractivity contribution >= 4 is 5.91 Å². The SMILES string of the molecule is CC1(C)CCCC1NCCCCC(N)=O. The predicted octanol–water partition coefficient (Wildman–Crippen LogP) is 1.81. The van der Waals surface area contributed by atoms with E-state index in [1.807, 2.05) is 0 Å². The van der Waals surface area contributed by atoms with Crippen LogP contribution in [-0.4, -0.2) is 18.5 Å². The Hall–Kier alpha value is -0.570. The molecule has 3 N–H and O–H groups in total. The Kier molecular flexibility index (Phi) is 4.58. The van der Waals surface area contributed by atoms with E-state index in [1.165, 1.54) is 19.3 Å². The van der Waals surface area contributed by atoms with E-state index in [9.17, 15) is 4.79 Å². The third kappa shape index (κ3) is 4.20. The molecule has 1 rings (SSSR count). The van der Waals surface area contributed by atoms with Crippen molar-refractivity contribution in [2.45, 2.75) is 58.4 Å². The van der Waals surface area contributed by atoms with E-state index >= 15 is 0 Å². The van der Waals surface area contributed by atoms with Crippen LogP contribution >= 0.6 is 0 Å². The molecule has 1 saturated carbocycles. The van der Waals surface area contributed by atoms with Crippen LogP contribution in [0.15, 0.2) is 0 Å². The van der Waals surface area contributed by atoms with Gasteiger partial charge in [0.2, 0.25) is 5.91 Å². The lowest BCUT2D eigenvalue weighted by atomic mass is 9.87. The van der Waals surface area contributed by atoms with Crippen LogP contribution in [-0.2, 0) is 4.79 Å². The summed E-state index contributed by atoms with van der Waals surface area (Å²) in [6.07, 6.45) is 6.45.